The fourth-order valence-electron chi connectivity index (χ4n) is 4.98. The van der Waals surface area contributed by atoms with E-state index in [0.29, 0.717) is 0 Å². The van der Waals surface area contributed by atoms with Gasteiger partial charge in [-0.05, 0) is 71.8 Å². The van der Waals surface area contributed by atoms with Gasteiger partial charge in [-0.3, -0.25) is 9.97 Å². The molecule has 0 aliphatic rings. The molecular formula is C34H22BrN3S. The first-order valence-electron chi connectivity index (χ1n) is 12.7. The first-order valence-corrected chi connectivity index (χ1v) is 14.3. The second kappa shape index (κ2) is 10.1. The van der Waals surface area contributed by atoms with Gasteiger partial charge in [-0.15, -0.1) is 11.3 Å². The number of aromatic nitrogens is 2. The van der Waals surface area contributed by atoms with Gasteiger partial charge < -0.3 is 4.90 Å². The van der Waals surface area contributed by atoms with E-state index in [1.54, 1.807) is 6.20 Å². The zero-order valence-electron chi connectivity index (χ0n) is 20.8. The van der Waals surface area contributed by atoms with Gasteiger partial charge in [0.15, 0.2) is 0 Å². The predicted molar refractivity (Wildman–Crippen MR) is 168 cm³/mol. The summed E-state index contributed by atoms with van der Waals surface area (Å²) >= 11 is 5.40. The molecule has 5 heteroatoms. The molecule has 7 rings (SSSR count). The van der Waals surface area contributed by atoms with Crippen molar-refractivity contribution in [3.8, 4) is 22.5 Å². The molecule has 7 aromatic rings. The van der Waals surface area contributed by atoms with Crippen LogP contribution in [0.1, 0.15) is 0 Å². The summed E-state index contributed by atoms with van der Waals surface area (Å²) < 4.78 is 3.56. The summed E-state index contributed by atoms with van der Waals surface area (Å²) in [6.07, 6.45) is 3.65. The van der Waals surface area contributed by atoms with Gasteiger partial charge in [0.2, 0.25) is 0 Å². The molecule has 186 valence electrons. The largest absolute Gasteiger partial charge is 0.310 e. The van der Waals surface area contributed by atoms with Gasteiger partial charge >= 0.3 is 0 Å². The molecule has 4 aromatic carbocycles. The van der Waals surface area contributed by atoms with Crippen molar-refractivity contribution in [2.75, 3.05) is 4.90 Å². The normalized spacial score (nSPS) is 11.2. The summed E-state index contributed by atoms with van der Waals surface area (Å²) in [4.78, 5) is 11.5. The molecule has 3 heterocycles. The maximum atomic E-state index is 4.65. The van der Waals surface area contributed by atoms with E-state index >= 15 is 0 Å². The Morgan fingerprint density at radius 2 is 1.15 bits per heavy atom. The summed E-state index contributed by atoms with van der Waals surface area (Å²) in [5.41, 5.74) is 7.23. The lowest BCUT2D eigenvalue weighted by atomic mass is 10.0. The van der Waals surface area contributed by atoms with Crippen molar-refractivity contribution in [2.24, 2.45) is 0 Å². The highest BCUT2D eigenvalue weighted by atomic mass is 79.9. The number of rotatable bonds is 5. The van der Waals surface area contributed by atoms with Crippen molar-refractivity contribution in [1.29, 1.82) is 0 Å². The Hall–Kier alpha value is -4.32. The van der Waals surface area contributed by atoms with Crippen molar-refractivity contribution in [1.82, 2.24) is 9.97 Å². The minimum Gasteiger partial charge on any atom is -0.310 e. The van der Waals surface area contributed by atoms with E-state index in [2.05, 4.69) is 134 Å². The molecule has 39 heavy (non-hydrogen) atoms. The lowest BCUT2D eigenvalue weighted by Crippen LogP contribution is -2.10. The maximum absolute atomic E-state index is 4.65. The number of anilines is 3. The molecule has 0 bridgehead atoms. The monoisotopic (exact) mass is 583 g/mol. The summed E-state index contributed by atoms with van der Waals surface area (Å²) in [5, 5.41) is 2.55. The highest BCUT2D eigenvalue weighted by Crippen LogP contribution is 2.41. The van der Waals surface area contributed by atoms with Crippen LogP contribution in [0.3, 0.4) is 0 Å². The van der Waals surface area contributed by atoms with Crippen molar-refractivity contribution < 1.29 is 0 Å². The zero-order chi connectivity index (χ0) is 26.2. The highest BCUT2D eigenvalue weighted by molar-refractivity contribution is 9.10. The molecule has 0 spiro atoms. The van der Waals surface area contributed by atoms with Crippen LogP contribution < -0.4 is 4.90 Å². The number of benzene rings is 4. The third-order valence-corrected chi connectivity index (χ3v) is 8.48. The number of fused-ring (bicyclic) bond motifs is 3. The molecule has 0 aliphatic carbocycles. The van der Waals surface area contributed by atoms with E-state index in [1.165, 1.54) is 31.3 Å². The van der Waals surface area contributed by atoms with Crippen LogP contribution in [0.25, 0.3) is 42.7 Å². The van der Waals surface area contributed by atoms with E-state index in [9.17, 15) is 0 Å². The molecular weight excluding hydrogens is 562 g/mol. The minimum atomic E-state index is 0.821. The molecule has 0 amide bonds. The Balaban J connectivity index is 1.39. The quantitative estimate of drug-likeness (QED) is 0.202. The minimum absolute atomic E-state index is 0.821. The Labute approximate surface area is 239 Å². The molecule has 0 fully saturated rings. The van der Waals surface area contributed by atoms with E-state index in [4.69, 9.17) is 0 Å². The van der Waals surface area contributed by atoms with Gasteiger partial charge in [0.25, 0.3) is 0 Å². The zero-order valence-corrected chi connectivity index (χ0v) is 23.2. The van der Waals surface area contributed by atoms with Crippen molar-refractivity contribution in [2.45, 2.75) is 0 Å². The lowest BCUT2D eigenvalue weighted by Gasteiger charge is -2.26. The topological polar surface area (TPSA) is 29.0 Å². The van der Waals surface area contributed by atoms with Crippen LogP contribution in [-0.4, -0.2) is 9.97 Å². The van der Waals surface area contributed by atoms with E-state index in [0.717, 1.165) is 32.9 Å². The number of thiophene rings is 1. The van der Waals surface area contributed by atoms with Crippen LogP contribution in [-0.2, 0) is 0 Å². The van der Waals surface area contributed by atoms with Crippen molar-refractivity contribution in [3.05, 3.63) is 138 Å². The number of hydrogen-bond acceptors (Lipinski definition) is 4. The molecule has 0 saturated carbocycles. The van der Waals surface area contributed by atoms with Crippen LogP contribution in [0.2, 0.25) is 0 Å². The summed E-state index contributed by atoms with van der Waals surface area (Å²) in [6.45, 7) is 0. The standard InChI is InChI=1S/C34H22BrN3S/c35-25-16-18-36-31(20-25)32-22-28(17-19-37-32)38(26-12-10-24(11-13-26)23-6-2-1-3-7-23)27-14-15-34-30(21-27)29-8-4-5-9-33(29)39-34/h1-22H. The van der Waals surface area contributed by atoms with Gasteiger partial charge in [0.05, 0.1) is 11.4 Å². The maximum Gasteiger partial charge on any atom is 0.0907 e. The van der Waals surface area contributed by atoms with Crippen LogP contribution in [0.15, 0.2) is 138 Å². The molecule has 0 atom stereocenters. The van der Waals surface area contributed by atoms with Crippen LogP contribution in [0.4, 0.5) is 17.1 Å². The van der Waals surface area contributed by atoms with Gasteiger partial charge in [-0.1, -0.05) is 76.6 Å². The molecule has 0 N–H and O–H groups in total. The first kappa shape index (κ1) is 23.8. The lowest BCUT2D eigenvalue weighted by molar-refractivity contribution is 1.21. The first-order chi connectivity index (χ1) is 19.2. The second-order valence-electron chi connectivity index (χ2n) is 9.29. The number of halogens is 1. The fourth-order valence-corrected chi connectivity index (χ4v) is 6.40. The summed E-state index contributed by atoms with van der Waals surface area (Å²) in [5.74, 6) is 0. The average Bonchev–Trinajstić information content (AvgIpc) is 3.36. The smallest absolute Gasteiger partial charge is 0.0907 e. The molecule has 0 saturated heterocycles. The Bertz CT molecular complexity index is 1930. The van der Waals surface area contributed by atoms with Crippen molar-refractivity contribution >= 4 is 64.5 Å². The van der Waals surface area contributed by atoms with Gasteiger partial charge in [0.1, 0.15) is 0 Å². The van der Waals surface area contributed by atoms with E-state index in [1.807, 2.05) is 35.7 Å². The van der Waals surface area contributed by atoms with Gasteiger partial charge in [-0.2, -0.15) is 0 Å². The second-order valence-corrected chi connectivity index (χ2v) is 11.3. The fraction of sp³-hybridized carbons (Fsp3) is 0. The Morgan fingerprint density at radius 1 is 0.513 bits per heavy atom. The summed E-state index contributed by atoms with van der Waals surface area (Å²) in [7, 11) is 0. The molecule has 0 unspecified atom stereocenters. The van der Waals surface area contributed by atoms with Crippen LogP contribution in [0, 0.1) is 0 Å². The Kier molecular flexibility index (Phi) is 6.16. The van der Waals surface area contributed by atoms with E-state index in [-0.39, 0.29) is 0 Å². The highest BCUT2D eigenvalue weighted by Gasteiger charge is 2.16. The molecule has 0 aliphatic heterocycles. The Morgan fingerprint density at radius 3 is 1.97 bits per heavy atom. The molecule has 0 radical (unpaired) electrons. The number of pyridine rings is 2. The van der Waals surface area contributed by atoms with Crippen molar-refractivity contribution in [3.63, 3.8) is 0 Å². The van der Waals surface area contributed by atoms with E-state index < -0.39 is 0 Å². The number of nitrogens with zero attached hydrogens (tertiary/aromatic N) is 3. The van der Waals surface area contributed by atoms with Gasteiger partial charge in [0, 0.05) is 54.1 Å². The molecule has 3 aromatic heterocycles. The summed E-state index contributed by atoms with van der Waals surface area (Å²) in [6, 6.07) is 42.7. The molecule has 3 nitrogen and oxygen atoms in total. The van der Waals surface area contributed by atoms with Crippen LogP contribution in [0.5, 0.6) is 0 Å². The SMILES string of the molecule is Brc1ccnc(-c2cc(N(c3ccc(-c4ccccc4)cc3)c3ccc4sc5ccccc5c4c3)ccn2)c1. The average molecular weight is 585 g/mol. The number of hydrogen-bond donors (Lipinski definition) is 0. The van der Waals surface area contributed by atoms with Crippen LogP contribution >= 0.6 is 27.3 Å². The predicted octanol–water partition coefficient (Wildman–Crippen LogP) is 10.4. The van der Waals surface area contributed by atoms with Gasteiger partial charge in [-0.25, -0.2) is 0 Å². The third kappa shape index (κ3) is 4.60. The third-order valence-electron chi connectivity index (χ3n) is 6.84.